The SMILES string of the molecule is C[C@H](c1ccccc1Cl)N1CCNc2nnc(Cl)cc21. The lowest BCUT2D eigenvalue weighted by atomic mass is 10.1. The highest BCUT2D eigenvalue weighted by Gasteiger charge is 2.25. The van der Waals surface area contributed by atoms with E-state index in [0.29, 0.717) is 5.15 Å². The van der Waals surface area contributed by atoms with Crippen LogP contribution < -0.4 is 10.2 Å². The van der Waals surface area contributed by atoms with Gasteiger partial charge in [0, 0.05) is 24.2 Å². The molecule has 0 aliphatic carbocycles. The van der Waals surface area contributed by atoms with Crippen LogP contribution in [0.2, 0.25) is 10.2 Å². The van der Waals surface area contributed by atoms with Gasteiger partial charge in [-0.2, -0.15) is 0 Å². The van der Waals surface area contributed by atoms with Crippen molar-refractivity contribution in [2.24, 2.45) is 0 Å². The van der Waals surface area contributed by atoms with Gasteiger partial charge in [-0.3, -0.25) is 0 Å². The topological polar surface area (TPSA) is 41.0 Å². The highest BCUT2D eigenvalue weighted by atomic mass is 35.5. The summed E-state index contributed by atoms with van der Waals surface area (Å²) in [6.45, 7) is 3.81. The zero-order chi connectivity index (χ0) is 14.1. The van der Waals surface area contributed by atoms with E-state index in [0.717, 1.165) is 35.2 Å². The van der Waals surface area contributed by atoms with Crippen LogP contribution in [0, 0.1) is 0 Å². The molecule has 104 valence electrons. The van der Waals surface area contributed by atoms with E-state index in [9.17, 15) is 0 Å². The molecular weight excluding hydrogens is 295 g/mol. The molecule has 4 nitrogen and oxygen atoms in total. The maximum absolute atomic E-state index is 6.30. The van der Waals surface area contributed by atoms with Gasteiger partial charge in [-0.15, -0.1) is 10.2 Å². The molecule has 0 spiro atoms. The number of halogens is 2. The number of hydrogen-bond donors (Lipinski definition) is 1. The molecule has 3 rings (SSSR count). The summed E-state index contributed by atoms with van der Waals surface area (Å²) in [7, 11) is 0. The number of fused-ring (bicyclic) bond motifs is 1. The first-order valence-corrected chi connectivity index (χ1v) is 7.20. The Labute approximate surface area is 127 Å². The van der Waals surface area contributed by atoms with Crippen molar-refractivity contribution in [3.8, 4) is 0 Å². The summed E-state index contributed by atoms with van der Waals surface area (Å²) in [5.74, 6) is 0.763. The average Bonchev–Trinajstić information content (AvgIpc) is 2.46. The average molecular weight is 309 g/mol. The van der Waals surface area contributed by atoms with E-state index in [1.807, 2.05) is 30.3 Å². The van der Waals surface area contributed by atoms with Gasteiger partial charge in [-0.25, -0.2) is 0 Å². The van der Waals surface area contributed by atoms with Crippen LogP contribution in [0.1, 0.15) is 18.5 Å². The van der Waals surface area contributed by atoms with Crippen molar-refractivity contribution < 1.29 is 0 Å². The van der Waals surface area contributed by atoms with Crippen LogP contribution in [0.25, 0.3) is 0 Å². The third-order valence-corrected chi connectivity index (χ3v) is 4.05. The van der Waals surface area contributed by atoms with Crippen LogP contribution >= 0.6 is 23.2 Å². The fraction of sp³-hybridized carbons (Fsp3) is 0.286. The highest BCUT2D eigenvalue weighted by Crippen LogP contribution is 2.36. The van der Waals surface area contributed by atoms with Gasteiger partial charge in [0.15, 0.2) is 11.0 Å². The predicted octanol–water partition coefficient (Wildman–Crippen LogP) is 3.78. The van der Waals surface area contributed by atoms with E-state index in [2.05, 4.69) is 27.3 Å². The third kappa shape index (κ3) is 2.41. The van der Waals surface area contributed by atoms with Crippen molar-refractivity contribution in [3.05, 3.63) is 46.1 Å². The molecule has 6 heteroatoms. The number of aromatic nitrogens is 2. The molecule has 0 radical (unpaired) electrons. The first-order chi connectivity index (χ1) is 9.66. The van der Waals surface area contributed by atoms with E-state index < -0.39 is 0 Å². The first kappa shape index (κ1) is 13.5. The molecule has 0 unspecified atom stereocenters. The summed E-state index contributed by atoms with van der Waals surface area (Å²) in [6.07, 6.45) is 0. The van der Waals surface area contributed by atoms with Gasteiger partial charge in [0.1, 0.15) is 0 Å². The molecule has 1 aliphatic heterocycles. The summed E-state index contributed by atoms with van der Waals surface area (Å²) in [4.78, 5) is 2.24. The van der Waals surface area contributed by atoms with Gasteiger partial charge in [0.2, 0.25) is 0 Å². The molecule has 1 aliphatic rings. The van der Waals surface area contributed by atoms with Crippen molar-refractivity contribution >= 4 is 34.7 Å². The van der Waals surface area contributed by atoms with E-state index in [1.165, 1.54) is 0 Å². The third-order valence-electron chi connectivity index (χ3n) is 3.52. The van der Waals surface area contributed by atoms with Crippen molar-refractivity contribution in [1.29, 1.82) is 0 Å². The van der Waals surface area contributed by atoms with Gasteiger partial charge in [0.05, 0.1) is 11.7 Å². The zero-order valence-corrected chi connectivity index (χ0v) is 12.5. The minimum atomic E-state index is 0.143. The molecule has 2 aromatic rings. The number of benzene rings is 1. The van der Waals surface area contributed by atoms with Crippen LogP contribution in [0.3, 0.4) is 0 Å². The molecule has 1 aromatic heterocycles. The lowest BCUT2D eigenvalue weighted by molar-refractivity contribution is 0.663. The quantitative estimate of drug-likeness (QED) is 0.916. The minimum absolute atomic E-state index is 0.143. The Morgan fingerprint density at radius 2 is 2.05 bits per heavy atom. The summed E-state index contributed by atoms with van der Waals surface area (Å²) in [6, 6.07) is 9.87. The standard InChI is InChI=1S/C14H14Cl2N4/c1-9(10-4-2-3-5-11(10)15)20-7-6-17-14-12(20)8-13(16)18-19-14/h2-5,8-9H,6-7H2,1H3,(H,17,19)/t9-/m1/s1. The fourth-order valence-electron chi connectivity index (χ4n) is 2.50. The second-order valence-corrected chi connectivity index (χ2v) is 5.51. The summed E-state index contributed by atoms with van der Waals surface area (Å²) >= 11 is 12.3. The van der Waals surface area contributed by atoms with Crippen LogP contribution in [0.15, 0.2) is 30.3 Å². The van der Waals surface area contributed by atoms with Gasteiger partial charge in [0.25, 0.3) is 0 Å². The molecule has 1 N–H and O–H groups in total. The minimum Gasteiger partial charge on any atom is -0.365 e. The lowest BCUT2D eigenvalue weighted by Gasteiger charge is -2.36. The number of nitrogens with zero attached hydrogens (tertiary/aromatic N) is 3. The Hall–Kier alpha value is -1.52. The number of anilines is 2. The Bertz CT molecular complexity index is 632. The summed E-state index contributed by atoms with van der Waals surface area (Å²) in [5.41, 5.74) is 2.05. The molecule has 0 bridgehead atoms. The fourth-order valence-corrected chi connectivity index (χ4v) is 2.94. The highest BCUT2D eigenvalue weighted by molar-refractivity contribution is 6.31. The Balaban J connectivity index is 2.00. The van der Waals surface area contributed by atoms with Crippen LogP contribution in [0.4, 0.5) is 11.5 Å². The zero-order valence-electron chi connectivity index (χ0n) is 11.0. The monoisotopic (exact) mass is 308 g/mol. The molecule has 0 saturated heterocycles. The Morgan fingerprint density at radius 1 is 1.25 bits per heavy atom. The Morgan fingerprint density at radius 3 is 2.85 bits per heavy atom. The van der Waals surface area contributed by atoms with Gasteiger partial charge in [-0.1, -0.05) is 41.4 Å². The number of nitrogens with one attached hydrogen (secondary N) is 1. The van der Waals surface area contributed by atoms with Crippen LogP contribution in [-0.2, 0) is 0 Å². The second kappa shape index (κ2) is 5.46. The summed E-state index contributed by atoms with van der Waals surface area (Å²) in [5, 5.41) is 12.4. The van der Waals surface area contributed by atoms with Crippen LogP contribution in [0.5, 0.6) is 0 Å². The van der Waals surface area contributed by atoms with E-state index in [-0.39, 0.29) is 6.04 Å². The van der Waals surface area contributed by atoms with Gasteiger partial charge >= 0.3 is 0 Å². The molecule has 0 saturated carbocycles. The predicted molar refractivity (Wildman–Crippen MR) is 82.7 cm³/mol. The number of rotatable bonds is 2. The Kier molecular flexibility index (Phi) is 3.68. The van der Waals surface area contributed by atoms with Gasteiger partial charge < -0.3 is 10.2 Å². The molecule has 0 fully saturated rings. The second-order valence-electron chi connectivity index (χ2n) is 4.72. The largest absolute Gasteiger partial charge is 0.365 e. The molecule has 1 atom stereocenters. The maximum Gasteiger partial charge on any atom is 0.172 e. The lowest BCUT2D eigenvalue weighted by Crippen LogP contribution is -2.36. The van der Waals surface area contributed by atoms with Gasteiger partial charge in [-0.05, 0) is 18.6 Å². The normalized spacial score (nSPS) is 15.4. The molecule has 2 heterocycles. The maximum atomic E-state index is 6.30. The number of hydrogen-bond acceptors (Lipinski definition) is 4. The van der Waals surface area contributed by atoms with Crippen LogP contribution in [-0.4, -0.2) is 23.3 Å². The molecule has 20 heavy (non-hydrogen) atoms. The van der Waals surface area contributed by atoms with Crippen molar-refractivity contribution in [2.45, 2.75) is 13.0 Å². The smallest absolute Gasteiger partial charge is 0.172 e. The molecule has 1 aromatic carbocycles. The van der Waals surface area contributed by atoms with Crippen molar-refractivity contribution in [2.75, 3.05) is 23.3 Å². The van der Waals surface area contributed by atoms with E-state index in [1.54, 1.807) is 0 Å². The summed E-state index contributed by atoms with van der Waals surface area (Å²) < 4.78 is 0. The first-order valence-electron chi connectivity index (χ1n) is 6.45. The molecular formula is C14H14Cl2N4. The van der Waals surface area contributed by atoms with E-state index in [4.69, 9.17) is 23.2 Å². The van der Waals surface area contributed by atoms with Crippen molar-refractivity contribution in [1.82, 2.24) is 10.2 Å². The molecule has 0 amide bonds. The van der Waals surface area contributed by atoms with E-state index >= 15 is 0 Å². The van der Waals surface area contributed by atoms with Crippen molar-refractivity contribution in [3.63, 3.8) is 0 Å².